The van der Waals surface area contributed by atoms with Gasteiger partial charge in [-0.05, 0) is 6.07 Å². The molecule has 0 aliphatic heterocycles. The smallest absolute Gasteiger partial charge is 0.156 e. The Hall–Kier alpha value is -1.11. The van der Waals surface area contributed by atoms with Gasteiger partial charge in [0.25, 0.3) is 0 Å². The maximum atomic E-state index is 9.18. The summed E-state index contributed by atoms with van der Waals surface area (Å²) < 4.78 is 1.67. The summed E-state index contributed by atoms with van der Waals surface area (Å²) in [6.07, 6.45) is 2.80. The Morgan fingerprint density at radius 3 is 3.13 bits per heavy atom. The average molecular weight is 225 g/mol. The van der Waals surface area contributed by atoms with Crippen LogP contribution in [0.1, 0.15) is 0 Å². The molecule has 2 aromatic heterocycles. The standard InChI is InChI=1S/C9H11N3O2S/c13-5-7(14)6-15-9-2-4-12-8(11-9)1-3-10-12/h1-4,7,13-14H,5-6H2. The van der Waals surface area contributed by atoms with Crippen LogP contribution in [0.25, 0.3) is 5.65 Å². The van der Waals surface area contributed by atoms with Gasteiger partial charge in [0.05, 0.1) is 18.9 Å². The van der Waals surface area contributed by atoms with Gasteiger partial charge < -0.3 is 10.2 Å². The van der Waals surface area contributed by atoms with Crippen molar-refractivity contribution in [2.75, 3.05) is 12.4 Å². The molecule has 0 radical (unpaired) electrons. The first-order valence-electron chi connectivity index (χ1n) is 4.51. The van der Waals surface area contributed by atoms with Crippen molar-refractivity contribution in [1.82, 2.24) is 14.6 Å². The van der Waals surface area contributed by atoms with Gasteiger partial charge in [-0.2, -0.15) is 5.10 Å². The lowest BCUT2D eigenvalue weighted by atomic mass is 10.4. The Balaban J connectivity index is 2.08. The van der Waals surface area contributed by atoms with Crippen molar-refractivity contribution < 1.29 is 10.2 Å². The second-order valence-corrected chi connectivity index (χ2v) is 4.09. The quantitative estimate of drug-likeness (QED) is 0.573. The van der Waals surface area contributed by atoms with Gasteiger partial charge in [0.2, 0.25) is 0 Å². The third-order valence-corrected chi connectivity index (χ3v) is 2.94. The maximum Gasteiger partial charge on any atom is 0.156 e. The van der Waals surface area contributed by atoms with Crippen molar-refractivity contribution in [3.05, 3.63) is 24.5 Å². The van der Waals surface area contributed by atoms with E-state index in [0.29, 0.717) is 5.75 Å². The molecule has 80 valence electrons. The average Bonchev–Trinajstić information content (AvgIpc) is 2.72. The molecule has 0 bridgehead atoms. The normalized spacial score (nSPS) is 13.2. The highest BCUT2D eigenvalue weighted by molar-refractivity contribution is 7.99. The predicted octanol–water partition coefficient (Wildman–Crippen LogP) is 0.175. The van der Waals surface area contributed by atoms with Crippen LogP contribution in [-0.4, -0.2) is 43.3 Å². The molecule has 0 amide bonds. The summed E-state index contributed by atoms with van der Waals surface area (Å²) in [5.41, 5.74) is 0.776. The molecule has 2 N–H and O–H groups in total. The largest absolute Gasteiger partial charge is 0.394 e. The highest BCUT2D eigenvalue weighted by Crippen LogP contribution is 2.16. The minimum atomic E-state index is -0.696. The summed E-state index contributed by atoms with van der Waals surface area (Å²) in [4.78, 5) is 4.31. The number of hydrogen-bond acceptors (Lipinski definition) is 5. The molecule has 1 unspecified atom stereocenters. The van der Waals surface area contributed by atoms with E-state index in [2.05, 4.69) is 10.1 Å². The lowest BCUT2D eigenvalue weighted by Gasteiger charge is -2.05. The molecule has 0 aromatic carbocycles. The topological polar surface area (TPSA) is 70.7 Å². The van der Waals surface area contributed by atoms with Crippen LogP contribution < -0.4 is 0 Å². The maximum absolute atomic E-state index is 9.18. The van der Waals surface area contributed by atoms with E-state index in [4.69, 9.17) is 5.11 Å². The number of fused-ring (bicyclic) bond motifs is 1. The first-order valence-corrected chi connectivity index (χ1v) is 5.50. The van der Waals surface area contributed by atoms with Gasteiger partial charge in [-0.1, -0.05) is 0 Å². The number of nitrogens with zero attached hydrogens (tertiary/aromatic N) is 3. The number of rotatable bonds is 4. The zero-order valence-corrected chi connectivity index (χ0v) is 8.76. The van der Waals surface area contributed by atoms with Crippen LogP contribution in [0.2, 0.25) is 0 Å². The first kappa shape index (κ1) is 10.4. The van der Waals surface area contributed by atoms with E-state index in [1.165, 1.54) is 11.8 Å². The van der Waals surface area contributed by atoms with Crippen LogP contribution in [0.4, 0.5) is 0 Å². The fraction of sp³-hybridized carbons (Fsp3) is 0.333. The number of thioether (sulfide) groups is 1. The zero-order chi connectivity index (χ0) is 10.7. The van der Waals surface area contributed by atoms with Crippen molar-refractivity contribution in [1.29, 1.82) is 0 Å². The SMILES string of the molecule is OCC(O)CSc1ccn2nccc2n1. The molecule has 0 saturated heterocycles. The van der Waals surface area contributed by atoms with Crippen LogP contribution in [0, 0.1) is 0 Å². The van der Waals surface area contributed by atoms with E-state index in [1.807, 2.05) is 18.3 Å². The van der Waals surface area contributed by atoms with Crippen molar-refractivity contribution in [3.8, 4) is 0 Å². The second-order valence-electron chi connectivity index (χ2n) is 3.05. The zero-order valence-electron chi connectivity index (χ0n) is 7.95. The molecule has 0 aliphatic carbocycles. The molecule has 15 heavy (non-hydrogen) atoms. The molecular weight excluding hydrogens is 214 g/mol. The Kier molecular flexibility index (Phi) is 3.20. The van der Waals surface area contributed by atoms with Gasteiger partial charge in [0.15, 0.2) is 5.65 Å². The van der Waals surface area contributed by atoms with Gasteiger partial charge in [-0.15, -0.1) is 11.8 Å². The van der Waals surface area contributed by atoms with E-state index in [0.717, 1.165) is 10.7 Å². The Morgan fingerprint density at radius 2 is 2.33 bits per heavy atom. The minimum Gasteiger partial charge on any atom is -0.394 e. The molecule has 1 atom stereocenters. The molecule has 2 heterocycles. The number of aromatic nitrogens is 3. The second kappa shape index (κ2) is 4.61. The van der Waals surface area contributed by atoms with Crippen LogP contribution in [0.3, 0.4) is 0 Å². The monoisotopic (exact) mass is 225 g/mol. The molecule has 2 aromatic rings. The Labute approximate surface area is 90.8 Å². The summed E-state index contributed by atoms with van der Waals surface area (Å²) in [6.45, 7) is -0.220. The van der Waals surface area contributed by atoms with Crippen molar-refractivity contribution >= 4 is 17.4 Å². The molecule has 6 heteroatoms. The van der Waals surface area contributed by atoms with Crippen molar-refractivity contribution in [2.24, 2.45) is 0 Å². The third kappa shape index (κ3) is 2.47. The Morgan fingerprint density at radius 1 is 1.47 bits per heavy atom. The fourth-order valence-electron chi connectivity index (χ4n) is 1.11. The van der Waals surface area contributed by atoms with Gasteiger partial charge in [0.1, 0.15) is 5.03 Å². The van der Waals surface area contributed by atoms with Crippen LogP contribution in [0.5, 0.6) is 0 Å². The lowest BCUT2D eigenvalue weighted by Crippen LogP contribution is -2.14. The fourth-order valence-corrected chi connectivity index (χ4v) is 1.89. The van der Waals surface area contributed by atoms with Gasteiger partial charge >= 0.3 is 0 Å². The Bertz CT molecular complexity index is 446. The summed E-state index contributed by atoms with van der Waals surface area (Å²) in [5, 5.41) is 22.7. The van der Waals surface area contributed by atoms with E-state index in [-0.39, 0.29) is 6.61 Å². The summed E-state index contributed by atoms with van der Waals surface area (Å²) >= 11 is 1.41. The lowest BCUT2D eigenvalue weighted by molar-refractivity contribution is 0.113. The predicted molar refractivity (Wildman–Crippen MR) is 56.8 cm³/mol. The summed E-state index contributed by atoms with van der Waals surface area (Å²) in [6, 6.07) is 3.64. The van der Waals surface area contributed by atoms with Crippen LogP contribution >= 0.6 is 11.8 Å². The highest BCUT2D eigenvalue weighted by Gasteiger charge is 2.04. The molecule has 5 nitrogen and oxygen atoms in total. The summed E-state index contributed by atoms with van der Waals surface area (Å²) in [5.74, 6) is 0.438. The molecule has 0 spiro atoms. The van der Waals surface area contributed by atoms with Gasteiger partial charge in [0, 0.05) is 18.0 Å². The molecule has 0 fully saturated rings. The van der Waals surface area contributed by atoms with Crippen LogP contribution in [-0.2, 0) is 0 Å². The minimum absolute atomic E-state index is 0.220. The molecule has 0 saturated carbocycles. The number of aliphatic hydroxyl groups is 2. The molecule has 0 aliphatic rings. The first-order chi connectivity index (χ1) is 7.29. The number of hydrogen-bond donors (Lipinski definition) is 2. The number of aliphatic hydroxyl groups excluding tert-OH is 2. The van der Waals surface area contributed by atoms with Crippen molar-refractivity contribution in [3.63, 3.8) is 0 Å². The van der Waals surface area contributed by atoms with E-state index < -0.39 is 6.10 Å². The van der Waals surface area contributed by atoms with Crippen molar-refractivity contribution in [2.45, 2.75) is 11.1 Å². The highest BCUT2D eigenvalue weighted by atomic mass is 32.2. The molecule has 2 rings (SSSR count). The third-order valence-electron chi connectivity index (χ3n) is 1.87. The van der Waals surface area contributed by atoms with E-state index >= 15 is 0 Å². The van der Waals surface area contributed by atoms with Gasteiger partial charge in [-0.25, -0.2) is 9.50 Å². The van der Waals surface area contributed by atoms with E-state index in [1.54, 1.807) is 10.7 Å². The van der Waals surface area contributed by atoms with Gasteiger partial charge in [-0.3, -0.25) is 0 Å². The summed E-state index contributed by atoms with van der Waals surface area (Å²) in [7, 11) is 0. The van der Waals surface area contributed by atoms with E-state index in [9.17, 15) is 5.11 Å². The molecular formula is C9H11N3O2S. The van der Waals surface area contributed by atoms with Crippen LogP contribution in [0.15, 0.2) is 29.6 Å².